The minimum atomic E-state index is -0.134. The van der Waals surface area contributed by atoms with Gasteiger partial charge in [0, 0.05) is 25.2 Å². The molecule has 2 aromatic heterocycles. The van der Waals surface area contributed by atoms with Gasteiger partial charge in [0.1, 0.15) is 5.76 Å². The Kier molecular flexibility index (Phi) is 5.67. The Bertz CT molecular complexity index is 991. The van der Waals surface area contributed by atoms with E-state index in [9.17, 15) is 9.59 Å². The van der Waals surface area contributed by atoms with E-state index in [1.807, 2.05) is 24.3 Å². The van der Waals surface area contributed by atoms with Crippen LogP contribution in [0.1, 0.15) is 29.1 Å². The number of para-hydroxylation sites is 1. The molecule has 0 radical (unpaired) electrons. The number of piperidine rings is 1. The summed E-state index contributed by atoms with van der Waals surface area (Å²) in [5.41, 5.74) is 1.09. The molecule has 1 saturated heterocycles. The van der Waals surface area contributed by atoms with Crippen LogP contribution in [-0.4, -0.2) is 39.6 Å². The molecule has 0 aliphatic carbocycles. The third kappa shape index (κ3) is 4.35. The molecule has 4 rings (SSSR count). The zero-order chi connectivity index (χ0) is 20.2. The average molecular weight is 413 g/mol. The lowest BCUT2D eigenvalue weighted by Crippen LogP contribution is -2.43. The van der Waals surface area contributed by atoms with Gasteiger partial charge in [0.15, 0.2) is 5.69 Å². The molecule has 2 amide bonds. The first-order valence-electron chi connectivity index (χ1n) is 9.52. The molecule has 1 aliphatic rings. The second kappa shape index (κ2) is 8.53. The Labute approximate surface area is 173 Å². The van der Waals surface area contributed by atoms with Crippen LogP contribution < -0.4 is 5.32 Å². The highest BCUT2D eigenvalue weighted by Gasteiger charge is 2.28. The fourth-order valence-electron chi connectivity index (χ4n) is 3.45. The topological polar surface area (TPSA) is 80.4 Å². The summed E-state index contributed by atoms with van der Waals surface area (Å²) in [4.78, 5) is 26.9. The number of amides is 2. The van der Waals surface area contributed by atoms with Crippen molar-refractivity contribution >= 4 is 23.4 Å². The zero-order valence-electron chi connectivity index (χ0n) is 15.8. The first-order chi connectivity index (χ1) is 14.1. The minimum absolute atomic E-state index is 0.00324. The SMILES string of the molecule is O=C(NCc1ccco1)C1CCN(C(=O)c2ccn(-c3ccccc3Cl)n2)CC1. The number of hydrogen-bond acceptors (Lipinski definition) is 4. The normalized spacial score (nSPS) is 14.7. The average Bonchev–Trinajstić information content (AvgIpc) is 3.44. The Morgan fingerprint density at radius 1 is 1.14 bits per heavy atom. The van der Waals surface area contributed by atoms with Gasteiger partial charge in [-0.3, -0.25) is 9.59 Å². The molecule has 0 bridgehead atoms. The zero-order valence-corrected chi connectivity index (χ0v) is 16.5. The lowest BCUT2D eigenvalue weighted by molar-refractivity contribution is -0.126. The molecule has 3 heterocycles. The number of aromatic nitrogens is 2. The highest BCUT2D eigenvalue weighted by atomic mass is 35.5. The van der Waals surface area contributed by atoms with Crippen LogP contribution in [0.3, 0.4) is 0 Å². The molecule has 0 saturated carbocycles. The molecule has 0 unspecified atom stereocenters. The summed E-state index contributed by atoms with van der Waals surface area (Å²) in [5.74, 6) is 0.483. The summed E-state index contributed by atoms with van der Waals surface area (Å²) < 4.78 is 6.83. The highest BCUT2D eigenvalue weighted by molar-refractivity contribution is 6.32. The molecule has 1 aliphatic heterocycles. The van der Waals surface area contributed by atoms with Crippen LogP contribution in [0.4, 0.5) is 0 Å². The fourth-order valence-corrected chi connectivity index (χ4v) is 3.67. The van der Waals surface area contributed by atoms with Gasteiger partial charge in [0.05, 0.1) is 23.5 Å². The Balaban J connectivity index is 1.32. The van der Waals surface area contributed by atoms with Crippen molar-refractivity contribution in [2.24, 2.45) is 5.92 Å². The lowest BCUT2D eigenvalue weighted by Gasteiger charge is -2.30. The van der Waals surface area contributed by atoms with E-state index in [1.54, 1.807) is 40.2 Å². The van der Waals surface area contributed by atoms with Gasteiger partial charge >= 0.3 is 0 Å². The standard InChI is InChI=1S/C21H21ClN4O3/c22-17-5-1-2-6-19(17)26-12-9-18(24-26)21(28)25-10-7-15(8-11-25)20(27)23-14-16-4-3-13-29-16/h1-6,9,12-13,15H,7-8,10-11,14H2,(H,23,27). The number of nitrogens with zero attached hydrogens (tertiary/aromatic N) is 3. The third-order valence-corrected chi connectivity index (χ3v) is 5.40. The van der Waals surface area contributed by atoms with Crippen LogP contribution in [0.15, 0.2) is 59.3 Å². The Morgan fingerprint density at radius 3 is 2.66 bits per heavy atom. The van der Waals surface area contributed by atoms with Crippen LogP contribution in [-0.2, 0) is 11.3 Å². The number of carbonyl (C=O) groups excluding carboxylic acids is 2. The number of benzene rings is 1. The molecule has 3 aromatic rings. The van der Waals surface area contributed by atoms with E-state index < -0.39 is 0 Å². The maximum atomic E-state index is 12.8. The van der Waals surface area contributed by atoms with E-state index in [-0.39, 0.29) is 17.7 Å². The molecule has 0 spiro atoms. The number of hydrogen-bond donors (Lipinski definition) is 1. The number of furan rings is 1. The van der Waals surface area contributed by atoms with Crippen LogP contribution in [0.2, 0.25) is 5.02 Å². The van der Waals surface area contributed by atoms with Crippen molar-refractivity contribution in [1.82, 2.24) is 20.0 Å². The summed E-state index contributed by atoms with van der Waals surface area (Å²) in [5, 5.41) is 7.84. The number of likely N-dealkylation sites (tertiary alicyclic amines) is 1. The molecular weight excluding hydrogens is 392 g/mol. The lowest BCUT2D eigenvalue weighted by atomic mass is 9.95. The molecular formula is C21H21ClN4O3. The molecule has 8 heteroatoms. The van der Waals surface area contributed by atoms with Crippen molar-refractivity contribution in [3.8, 4) is 5.69 Å². The van der Waals surface area contributed by atoms with E-state index in [4.69, 9.17) is 16.0 Å². The van der Waals surface area contributed by atoms with E-state index in [0.717, 1.165) is 11.4 Å². The van der Waals surface area contributed by atoms with Crippen LogP contribution in [0.5, 0.6) is 0 Å². The molecule has 29 heavy (non-hydrogen) atoms. The van der Waals surface area contributed by atoms with Crippen LogP contribution >= 0.6 is 11.6 Å². The maximum Gasteiger partial charge on any atom is 0.274 e. The molecule has 1 aromatic carbocycles. The van der Waals surface area contributed by atoms with Gasteiger partial charge in [0.25, 0.3) is 5.91 Å². The van der Waals surface area contributed by atoms with E-state index in [0.29, 0.717) is 43.2 Å². The predicted octanol–water partition coefficient (Wildman–Crippen LogP) is 3.29. The van der Waals surface area contributed by atoms with Crippen molar-refractivity contribution in [2.75, 3.05) is 13.1 Å². The van der Waals surface area contributed by atoms with Crippen molar-refractivity contribution in [3.63, 3.8) is 0 Å². The van der Waals surface area contributed by atoms with E-state index >= 15 is 0 Å². The summed E-state index contributed by atoms with van der Waals surface area (Å²) in [6.07, 6.45) is 4.56. The van der Waals surface area contributed by atoms with Crippen LogP contribution in [0.25, 0.3) is 5.69 Å². The molecule has 150 valence electrons. The summed E-state index contributed by atoms with van der Waals surface area (Å²) in [6.45, 7) is 1.43. The molecule has 0 atom stereocenters. The van der Waals surface area contributed by atoms with E-state index in [1.165, 1.54) is 0 Å². The Hall–Kier alpha value is -3.06. The number of halogens is 1. The predicted molar refractivity (Wildman–Crippen MR) is 108 cm³/mol. The fraction of sp³-hybridized carbons (Fsp3) is 0.286. The van der Waals surface area contributed by atoms with Gasteiger partial charge in [-0.1, -0.05) is 23.7 Å². The van der Waals surface area contributed by atoms with Gasteiger partial charge in [-0.15, -0.1) is 0 Å². The first-order valence-corrected chi connectivity index (χ1v) is 9.89. The van der Waals surface area contributed by atoms with Gasteiger partial charge in [-0.05, 0) is 43.2 Å². The van der Waals surface area contributed by atoms with E-state index in [2.05, 4.69) is 10.4 Å². The van der Waals surface area contributed by atoms with Crippen molar-refractivity contribution in [3.05, 3.63) is 71.4 Å². The summed E-state index contributed by atoms with van der Waals surface area (Å²) >= 11 is 6.20. The minimum Gasteiger partial charge on any atom is -0.467 e. The monoisotopic (exact) mass is 412 g/mol. The second-order valence-corrected chi connectivity index (χ2v) is 7.37. The largest absolute Gasteiger partial charge is 0.467 e. The van der Waals surface area contributed by atoms with Crippen molar-refractivity contribution < 1.29 is 14.0 Å². The molecule has 1 N–H and O–H groups in total. The van der Waals surface area contributed by atoms with Gasteiger partial charge < -0.3 is 14.6 Å². The highest BCUT2D eigenvalue weighted by Crippen LogP contribution is 2.21. The quantitative estimate of drug-likeness (QED) is 0.697. The summed E-state index contributed by atoms with van der Waals surface area (Å²) in [7, 11) is 0. The smallest absolute Gasteiger partial charge is 0.274 e. The summed E-state index contributed by atoms with van der Waals surface area (Å²) in [6, 6.07) is 12.6. The second-order valence-electron chi connectivity index (χ2n) is 6.96. The Morgan fingerprint density at radius 2 is 1.93 bits per heavy atom. The number of carbonyl (C=O) groups is 2. The van der Waals surface area contributed by atoms with Crippen molar-refractivity contribution in [1.29, 1.82) is 0 Å². The van der Waals surface area contributed by atoms with Crippen LogP contribution in [0, 0.1) is 5.92 Å². The number of rotatable bonds is 5. The first kappa shape index (κ1) is 19.3. The van der Waals surface area contributed by atoms with Gasteiger partial charge in [-0.2, -0.15) is 5.10 Å². The number of nitrogens with one attached hydrogen (secondary N) is 1. The maximum absolute atomic E-state index is 12.8. The molecule has 1 fully saturated rings. The van der Waals surface area contributed by atoms with Crippen molar-refractivity contribution in [2.45, 2.75) is 19.4 Å². The third-order valence-electron chi connectivity index (χ3n) is 5.08. The molecule has 7 nitrogen and oxygen atoms in total. The van der Waals surface area contributed by atoms with Gasteiger partial charge in [-0.25, -0.2) is 4.68 Å². The van der Waals surface area contributed by atoms with Gasteiger partial charge in [0.2, 0.25) is 5.91 Å².